The minimum absolute atomic E-state index is 0.242. The van der Waals surface area contributed by atoms with Crippen LogP contribution in [-0.2, 0) is 0 Å². The average molecular weight is 363 g/mol. The maximum absolute atomic E-state index is 12.4. The van der Waals surface area contributed by atoms with Crippen LogP contribution in [0.15, 0.2) is 23.6 Å². The number of thiazole rings is 1. The van der Waals surface area contributed by atoms with E-state index in [9.17, 15) is 9.59 Å². The van der Waals surface area contributed by atoms with E-state index in [2.05, 4.69) is 22.5 Å². The Bertz CT molecular complexity index is 723. The van der Waals surface area contributed by atoms with Crippen molar-refractivity contribution >= 4 is 28.3 Å². The summed E-state index contributed by atoms with van der Waals surface area (Å²) in [5, 5.41) is 7.44. The molecule has 2 aromatic rings. The molecule has 0 aliphatic carbocycles. The minimum atomic E-state index is -0.357. The molecule has 0 fully saturated rings. The number of hydrogen-bond acceptors (Lipinski definition) is 6. The van der Waals surface area contributed by atoms with Crippen LogP contribution in [0.3, 0.4) is 0 Å². The summed E-state index contributed by atoms with van der Waals surface area (Å²) in [6.07, 6.45) is 1.92. The fraction of sp³-hybridized carbons (Fsp3) is 0.353. The monoisotopic (exact) mass is 363 g/mol. The van der Waals surface area contributed by atoms with Crippen LogP contribution in [0, 0.1) is 0 Å². The van der Waals surface area contributed by atoms with E-state index < -0.39 is 0 Å². The number of anilines is 1. The third-order valence-electron chi connectivity index (χ3n) is 3.39. The summed E-state index contributed by atoms with van der Waals surface area (Å²) in [5.74, 6) is 0.428. The molecular formula is C17H21N3O4S. The van der Waals surface area contributed by atoms with Crippen LogP contribution < -0.4 is 20.1 Å². The first-order valence-electron chi connectivity index (χ1n) is 7.85. The number of carbonyl (C=O) groups is 2. The zero-order chi connectivity index (χ0) is 18.2. The second-order valence-corrected chi connectivity index (χ2v) is 6.06. The van der Waals surface area contributed by atoms with Crippen molar-refractivity contribution in [2.75, 3.05) is 26.1 Å². The molecule has 0 atom stereocenters. The van der Waals surface area contributed by atoms with Crippen LogP contribution in [0.5, 0.6) is 11.5 Å². The SMILES string of the molecule is CCCCNC(=O)c1csc(NC(=O)c2cc(OC)cc(OC)c2)n1. The van der Waals surface area contributed by atoms with Crippen LogP contribution in [0.4, 0.5) is 5.13 Å². The predicted octanol–water partition coefficient (Wildman–Crippen LogP) is 2.94. The summed E-state index contributed by atoms with van der Waals surface area (Å²) >= 11 is 1.19. The molecule has 8 heteroatoms. The molecule has 25 heavy (non-hydrogen) atoms. The number of unbranched alkanes of at least 4 members (excludes halogenated alkanes) is 1. The van der Waals surface area contributed by atoms with E-state index in [1.165, 1.54) is 25.6 Å². The Balaban J connectivity index is 2.05. The zero-order valence-corrected chi connectivity index (χ0v) is 15.2. The highest BCUT2D eigenvalue weighted by molar-refractivity contribution is 7.14. The van der Waals surface area contributed by atoms with Crippen molar-refractivity contribution in [3.8, 4) is 11.5 Å². The van der Waals surface area contributed by atoms with Gasteiger partial charge in [0.25, 0.3) is 11.8 Å². The Morgan fingerprint density at radius 2 is 1.80 bits per heavy atom. The summed E-state index contributed by atoms with van der Waals surface area (Å²) < 4.78 is 10.3. The molecule has 1 aromatic heterocycles. The topological polar surface area (TPSA) is 89.6 Å². The number of ether oxygens (including phenoxy) is 2. The molecule has 134 valence electrons. The number of aromatic nitrogens is 1. The van der Waals surface area contributed by atoms with Crippen molar-refractivity contribution < 1.29 is 19.1 Å². The van der Waals surface area contributed by atoms with Crippen molar-refractivity contribution in [3.05, 3.63) is 34.8 Å². The predicted molar refractivity (Wildman–Crippen MR) is 96.9 cm³/mol. The van der Waals surface area contributed by atoms with Gasteiger partial charge in [0.1, 0.15) is 17.2 Å². The first kappa shape index (κ1) is 18.7. The van der Waals surface area contributed by atoms with Gasteiger partial charge in [-0.25, -0.2) is 4.98 Å². The van der Waals surface area contributed by atoms with E-state index in [1.54, 1.807) is 23.6 Å². The molecule has 0 radical (unpaired) electrons. The fourth-order valence-electron chi connectivity index (χ4n) is 2.01. The van der Waals surface area contributed by atoms with Crippen LogP contribution in [0.1, 0.15) is 40.6 Å². The quantitative estimate of drug-likeness (QED) is 0.704. The van der Waals surface area contributed by atoms with E-state index in [4.69, 9.17) is 9.47 Å². The molecule has 0 unspecified atom stereocenters. The summed E-state index contributed by atoms with van der Waals surface area (Å²) in [5.41, 5.74) is 0.667. The second kappa shape index (κ2) is 9.03. The Morgan fingerprint density at radius 3 is 2.40 bits per heavy atom. The number of nitrogens with one attached hydrogen (secondary N) is 2. The van der Waals surface area contributed by atoms with Gasteiger partial charge in [0, 0.05) is 23.6 Å². The van der Waals surface area contributed by atoms with Crippen molar-refractivity contribution in [3.63, 3.8) is 0 Å². The van der Waals surface area contributed by atoms with Gasteiger partial charge in [0.15, 0.2) is 5.13 Å². The molecular weight excluding hydrogens is 342 g/mol. The van der Waals surface area contributed by atoms with Gasteiger partial charge < -0.3 is 14.8 Å². The van der Waals surface area contributed by atoms with Gasteiger partial charge in [0.2, 0.25) is 0 Å². The summed E-state index contributed by atoms with van der Waals surface area (Å²) in [6, 6.07) is 4.88. The molecule has 0 aliphatic heterocycles. The lowest BCUT2D eigenvalue weighted by molar-refractivity contribution is 0.0947. The first-order chi connectivity index (χ1) is 12.1. The normalized spacial score (nSPS) is 10.2. The Morgan fingerprint density at radius 1 is 1.12 bits per heavy atom. The highest BCUT2D eigenvalue weighted by Gasteiger charge is 2.14. The molecule has 7 nitrogen and oxygen atoms in total. The zero-order valence-electron chi connectivity index (χ0n) is 14.4. The summed E-state index contributed by atoms with van der Waals surface area (Å²) in [4.78, 5) is 28.5. The highest BCUT2D eigenvalue weighted by Crippen LogP contribution is 2.24. The third kappa shape index (κ3) is 5.18. The van der Waals surface area contributed by atoms with Crippen LogP contribution in [-0.4, -0.2) is 37.6 Å². The van der Waals surface area contributed by atoms with E-state index >= 15 is 0 Å². The molecule has 1 heterocycles. The van der Waals surface area contributed by atoms with Gasteiger partial charge >= 0.3 is 0 Å². The summed E-state index contributed by atoms with van der Waals surface area (Å²) in [6.45, 7) is 2.66. The molecule has 0 saturated carbocycles. The highest BCUT2D eigenvalue weighted by atomic mass is 32.1. The van der Waals surface area contributed by atoms with Crippen molar-refractivity contribution in [1.29, 1.82) is 0 Å². The maximum Gasteiger partial charge on any atom is 0.270 e. The average Bonchev–Trinajstić information content (AvgIpc) is 3.09. The molecule has 0 bridgehead atoms. The Kier molecular flexibility index (Phi) is 6.76. The second-order valence-electron chi connectivity index (χ2n) is 5.20. The smallest absolute Gasteiger partial charge is 0.270 e. The van der Waals surface area contributed by atoms with E-state index in [-0.39, 0.29) is 11.8 Å². The standard InChI is InChI=1S/C17H21N3O4S/c1-4-5-6-18-16(22)14-10-25-17(19-14)20-15(21)11-7-12(23-2)9-13(8-11)24-3/h7-10H,4-6H2,1-3H3,(H,18,22)(H,19,20,21). The van der Waals surface area contributed by atoms with Crippen molar-refractivity contribution in [2.24, 2.45) is 0 Å². The molecule has 1 aromatic carbocycles. The van der Waals surface area contributed by atoms with Gasteiger partial charge in [-0.05, 0) is 18.6 Å². The minimum Gasteiger partial charge on any atom is -0.497 e. The molecule has 2 N–H and O–H groups in total. The van der Waals surface area contributed by atoms with Gasteiger partial charge in [-0.1, -0.05) is 13.3 Å². The van der Waals surface area contributed by atoms with E-state index in [0.29, 0.717) is 34.4 Å². The third-order valence-corrected chi connectivity index (χ3v) is 4.14. The lowest BCUT2D eigenvalue weighted by Gasteiger charge is -2.08. The van der Waals surface area contributed by atoms with E-state index in [1.807, 2.05) is 0 Å². The Hall–Kier alpha value is -2.61. The number of carbonyl (C=O) groups excluding carboxylic acids is 2. The molecule has 2 rings (SSSR count). The number of amides is 2. The van der Waals surface area contributed by atoms with Gasteiger partial charge in [0.05, 0.1) is 14.2 Å². The van der Waals surface area contributed by atoms with Crippen molar-refractivity contribution in [2.45, 2.75) is 19.8 Å². The fourth-order valence-corrected chi connectivity index (χ4v) is 2.70. The van der Waals surface area contributed by atoms with E-state index in [0.717, 1.165) is 12.8 Å². The largest absolute Gasteiger partial charge is 0.497 e. The van der Waals surface area contributed by atoms with Crippen LogP contribution in [0.2, 0.25) is 0 Å². The summed E-state index contributed by atoms with van der Waals surface area (Å²) in [7, 11) is 3.03. The van der Waals surface area contributed by atoms with Gasteiger partial charge in [-0.2, -0.15) is 0 Å². The first-order valence-corrected chi connectivity index (χ1v) is 8.73. The lowest BCUT2D eigenvalue weighted by atomic mass is 10.2. The number of methoxy groups -OCH3 is 2. The van der Waals surface area contributed by atoms with Gasteiger partial charge in [-0.15, -0.1) is 11.3 Å². The lowest BCUT2D eigenvalue weighted by Crippen LogP contribution is -2.24. The van der Waals surface area contributed by atoms with Gasteiger partial charge in [-0.3, -0.25) is 14.9 Å². The van der Waals surface area contributed by atoms with Crippen molar-refractivity contribution in [1.82, 2.24) is 10.3 Å². The maximum atomic E-state index is 12.4. The number of nitrogens with zero attached hydrogens (tertiary/aromatic N) is 1. The molecule has 2 amide bonds. The number of rotatable bonds is 8. The van der Waals surface area contributed by atoms with Crippen LogP contribution >= 0.6 is 11.3 Å². The number of hydrogen-bond donors (Lipinski definition) is 2. The Labute approximate surface area is 150 Å². The molecule has 0 aliphatic rings. The molecule has 0 saturated heterocycles. The van der Waals surface area contributed by atoms with Crippen LogP contribution in [0.25, 0.3) is 0 Å². The molecule has 0 spiro atoms. The number of benzene rings is 1.